The quantitative estimate of drug-likeness (QED) is 0.704. The molecule has 122 valence electrons. The van der Waals surface area contributed by atoms with Crippen molar-refractivity contribution in [1.29, 1.82) is 0 Å². The predicted molar refractivity (Wildman–Crippen MR) is 90.3 cm³/mol. The van der Waals surface area contributed by atoms with Gasteiger partial charge in [-0.1, -0.05) is 54.8 Å². The standard InChI is InChI=1S/C17H24BrNO3/c1-4-6-12(2)9-16(20)19-15(11-17(21)22-3)13-7-5-8-14(18)10-13/h5,7-8,10,12,15H,4,6,9,11H2,1-3H3,(H,19,20). The van der Waals surface area contributed by atoms with E-state index in [0.717, 1.165) is 22.9 Å². The van der Waals surface area contributed by atoms with E-state index in [4.69, 9.17) is 4.74 Å². The van der Waals surface area contributed by atoms with Gasteiger partial charge in [0, 0.05) is 10.9 Å². The summed E-state index contributed by atoms with van der Waals surface area (Å²) in [6.07, 6.45) is 2.68. The average molecular weight is 370 g/mol. The molecule has 0 aliphatic carbocycles. The third kappa shape index (κ3) is 6.60. The summed E-state index contributed by atoms with van der Waals surface area (Å²) >= 11 is 3.41. The number of halogens is 1. The zero-order valence-corrected chi connectivity index (χ0v) is 15.0. The molecule has 2 atom stereocenters. The van der Waals surface area contributed by atoms with E-state index < -0.39 is 0 Å². The average Bonchev–Trinajstić information content (AvgIpc) is 2.46. The molecule has 1 rings (SSSR count). The highest BCUT2D eigenvalue weighted by molar-refractivity contribution is 9.10. The minimum atomic E-state index is -0.369. The van der Waals surface area contributed by atoms with Crippen molar-refractivity contribution in [2.75, 3.05) is 7.11 Å². The van der Waals surface area contributed by atoms with E-state index in [2.05, 4.69) is 35.1 Å². The van der Waals surface area contributed by atoms with Gasteiger partial charge in [-0.15, -0.1) is 0 Å². The lowest BCUT2D eigenvalue weighted by atomic mass is 10.00. The number of hydrogen-bond acceptors (Lipinski definition) is 3. The Morgan fingerprint density at radius 3 is 2.64 bits per heavy atom. The van der Waals surface area contributed by atoms with E-state index >= 15 is 0 Å². The lowest BCUT2D eigenvalue weighted by molar-refractivity contribution is -0.141. The number of nitrogens with one attached hydrogen (secondary N) is 1. The fourth-order valence-corrected chi connectivity index (χ4v) is 2.81. The number of esters is 1. The normalized spacial score (nSPS) is 13.3. The molecule has 0 heterocycles. The first-order valence-corrected chi connectivity index (χ1v) is 8.37. The van der Waals surface area contributed by atoms with E-state index in [1.54, 1.807) is 0 Å². The van der Waals surface area contributed by atoms with E-state index in [1.165, 1.54) is 7.11 Å². The fraction of sp³-hybridized carbons (Fsp3) is 0.529. The molecule has 0 saturated carbocycles. The number of carbonyl (C=O) groups excluding carboxylic acids is 2. The highest BCUT2D eigenvalue weighted by Crippen LogP contribution is 2.22. The Morgan fingerprint density at radius 1 is 1.32 bits per heavy atom. The number of ether oxygens (including phenoxy) is 1. The molecule has 1 aromatic carbocycles. The van der Waals surface area contributed by atoms with Gasteiger partial charge in [-0.3, -0.25) is 9.59 Å². The monoisotopic (exact) mass is 369 g/mol. The molecular formula is C17H24BrNO3. The summed E-state index contributed by atoms with van der Waals surface area (Å²) in [6, 6.07) is 7.22. The maximum atomic E-state index is 12.2. The third-order valence-electron chi connectivity index (χ3n) is 3.50. The van der Waals surface area contributed by atoms with Gasteiger partial charge in [0.25, 0.3) is 0 Å². The summed E-state index contributed by atoms with van der Waals surface area (Å²) in [5, 5.41) is 2.95. The molecule has 0 bridgehead atoms. The molecule has 0 fully saturated rings. The lowest BCUT2D eigenvalue weighted by Crippen LogP contribution is -2.31. The van der Waals surface area contributed by atoms with Crippen LogP contribution in [0, 0.1) is 5.92 Å². The number of methoxy groups -OCH3 is 1. The Morgan fingerprint density at radius 2 is 2.05 bits per heavy atom. The van der Waals surface area contributed by atoms with E-state index in [-0.39, 0.29) is 24.3 Å². The Kier molecular flexibility index (Phi) is 8.17. The summed E-state index contributed by atoms with van der Waals surface area (Å²) in [5.41, 5.74) is 0.885. The van der Waals surface area contributed by atoms with Gasteiger partial charge in [0.05, 0.1) is 19.6 Å². The molecule has 0 aliphatic heterocycles. The molecule has 1 amide bonds. The van der Waals surface area contributed by atoms with Crippen LogP contribution in [0.2, 0.25) is 0 Å². The van der Waals surface area contributed by atoms with Gasteiger partial charge in [-0.2, -0.15) is 0 Å². The fourth-order valence-electron chi connectivity index (χ4n) is 2.39. The second kappa shape index (κ2) is 9.62. The van der Waals surface area contributed by atoms with Crippen LogP contribution in [0.25, 0.3) is 0 Å². The Labute approximate surface area is 140 Å². The summed E-state index contributed by atoms with van der Waals surface area (Å²) in [4.78, 5) is 23.8. The van der Waals surface area contributed by atoms with Crippen molar-refractivity contribution < 1.29 is 14.3 Å². The van der Waals surface area contributed by atoms with Gasteiger partial charge in [-0.05, 0) is 23.6 Å². The van der Waals surface area contributed by atoms with Crippen LogP contribution in [0.15, 0.2) is 28.7 Å². The van der Waals surface area contributed by atoms with Crippen LogP contribution >= 0.6 is 15.9 Å². The number of hydrogen-bond donors (Lipinski definition) is 1. The van der Waals surface area contributed by atoms with Crippen LogP contribution in [-0.2, 0) is 14.3 Å². The molecule has 0 spiro atoms. The molecular weight excluding hydrogens is 346 g/mol. The summed E-state index contributed by atoms with van der Waals surface area (Å²) in [7, 11) is 1.35. The summed E-state index contributed by atoms with van der Waals surface area (Å²) < 4.78 is 5.64. The largest absolute Gasteiger partial charge is 0.469 e. The van der Waals surface area contributed by atoms with Gasteiger partial charge >= 0.3 is 5.97 Å². The Hall–Kier alpha value is -1.36. The molecule has 0 radical (unpaired) electrons. The first-order chi connectivity index (χ1) is 10.5. The van der Waals surface area contributed by atoms with E-state index in [1.807, 2.05) is 24.3 Å². The van der Waals surface area contributed by atoms with Crippen molar-refractivity contribution in [3.63, 3.8) is 0 Å². The third-order valence-corrected chi connectivity index (χ3v) is 3.99. The smallest absolute Gasteiger partial charge is 0.307 e. The van der Waals surface area contributed by atoms with Gasteiger partial charge in [0.2, 0.25) is 5.91 Å². The number of amides is 1. The van der Waals surface area contributed by atoms with Crippen molar-refractivity contribution in [3.05, 3.63) is 34.3 Å². The second-order valence-corrected chi connectivity index (χ2v) is 6.47. The highest BCUT2D eigenvalue weighted by atomic mass is 79.9. The maximum Gasteiger partial charge on any atom is 0.307 e. The lowest BCUT2D eigenvalue weighted by Gasteiger charge is -2.20. The topological polar surface area (TPSA) is 55.4 Å². The van der Waals surface area contributed by atoms with Crippen molar-refractivity contribution in [2.24, 2.45) is 5.92 Å². The van der Waals surface area contributed by atoms with Crippen LogP contribution in [0.3, 0.4) is 0 Å². The minimum absolute atomic E-state index is 0.0326. The van der Waals surface area contributed by atoms with E-state index in [9.17, 15) is 9.59 Å². The SMILES string of the molecule is CCCC(C)CC(=O)NC(CC(=O)OC)c1cccc(Br)c1. The molecule has 22 heavy (non-hydrogen) atoms. The molecule has 5 heteroatoms. The first kappa shape index (κ1) is 18.7. The Balaban J connectivity index is 2.78. The predicted octanol–water partition coefficient (Wildman–Crippen LogP) is 4.00. The number of benzene rings is 1. The molecule has 2 unspecified atom stereocenters. The van der Waals surface area contributed by atoms with Crippen molar-refractivity contribution in [3.8, 4) is 0 Å². The first-order valence-electron chi connectivity index (χ1n) is 7.57. The number of carbonyl (C=O) groups is 2. The number of rotatable bonds is 8. The van der Waals surface area contributed by atoms with Gasteiger partial charge < -0.3 is 10.1 Å². The molecule has 4 nitrogen and oxygen atoms in total. The molecule has 1 N–H and O–H groups in total. The van der Waals surface area contributed by atoms with Crippen LogP contribution < -0.4 is 5.32 Å². The van der Waals surface area contributed by atoms with Gasteiger partial charge in [0.1, 0.15) is 0 Å². The van der Waals surface area contributed by atoms with Crippen LogP contribution in [0.1, 0.15) is 51.1 Å². The zero-order valence-electron chi connectivity index (χ0n) is 13.4. The van der Waals surface area contributed by atoms with E-state index in [0.29, 0.717) is 12.3 Å². The van der Waals surface area contributed by atoms with Gasteiger partial charge in [0.15, 0.2) is 0 Å². The van der Waals surface area contributed by atoms with Crippen molar-refractivity contribution in [1.82, 2.24) is 5.32 Å². The molecule has 0 aromatic heterocycles. The van der Waals surface area contributed by atoms with Crippen LogP contribution in [-0.4, -0.2) is 19.0 Å². The maximum absolute atomic E-state index is 12.2. The summed E-state index contributed by atoms with van der Waals surface area (Å²) in [6.45, 7) is 4.17. The van der Waals surface area contributed by atoms with Crippen molar-refractivity contribution in [2.45, 2.75) is 45.6 Å². The molecule has 1 aromatic rings. The minimum Gasteiger partial charge on any atom is -0.469 e. The summed E-state index contributed by atoms with van der Waals surface area (Å²) in [5.74, 6) is -0.0343. The highest BCUT2D eigenvalue weighted by Gasteiger charge is 2.20. The molecule has 0 aliphatic rings. The zero-order chi connectivity index (χ0) is 16.5. The molecule has 0 saturated heterocycles. The van der Waals surface area contributed by atoms with Crippen molar-refractivity contribution >= 4 is 27.8 Å². The second-order valence-electron chi connectivity index (χ2n) is 5.55. The van der Waals surface area contributed by atoms with Crippen LogP contribution in [0.4, 0.5) is 0 Å². The Bertz CT molecular complexity index is 504. The van der Waals surface area contributed by atoms with Crippen LogP contribution in [0.5, 0.6) is 0 Å². The van der Waals surface area contributed by atoms with Gasteiger partial charge in [-0.25, -0.2) is 0 Å².